The third-order valence-electron chi connectivity index (χ3n) is 6.15. The Balaban J connectivity index is 2.11. The molecule has 2 amide bonds. The first-order valence-corrected chi connectivity index (χ1v) is 10.6. The number of nitrogens with zero attached hydrogens (tertiary/aromatic N) is 1. The number of aliphatic hydroxyl groups is 1. The summed E-state index contributed by atoms with van der Waals surface area (Å²) in [5.74, 6) is -0.971. The largest absolute Gasteiger partial charge is 0.372 e. The van der Waals surface area contributed by atoms with Crippen LogP contribution < -0.4 is 11.5 Å². The molecule has 0 aromatic heterocycles. The Kier molecular flexibility index (Phi) is 6.62. The zero-order valence-corrected chi connectivity index (χ0v) is 17.9. The van der Waals surface area contributed by atoms with Crippen LogP contribution in [0.1, 0.15) is 36.5 Å². The molecule has 1 aliphatic rings. The van der Waals surface area contributed by atoms with Crippen molar-refractivity contribution in [2.75, 3.05) is 13.1 Å². The number of quaternary nitrogens is 1. The molecule has 7 heteroatoms. The lowest BCUT2D eigenvalue weighted by molar-refractivity contribution is -0.874. The van der Waals surface area contributed by atoms with E-state index in [0.29, 0.717) is 42.9 Å². The zero-order chi connectivity index (χ0) is 21.9. The SMILES string of the molecule is C[C@](O)(C(=O)[N+]1(Cc2cc(Cl)ccc2CCN)CCC[C@H]1C(N)=O)c1ccccc1. The van der Waals surface area contributed by atoms with Crippen LogP contribution in [-0.4, -0.2) is 40.5 Å². The smallest absolute Gasteiger partial charge is 0.350 e. The molecule has 1 heterocycles. The average Bonchev–Trinajstić information content (AvgIpc) is 3.15. The highest BCUT2D eigenvalue weighted by Gasteiger charge is 2.57. The van der Waals surface area contributed by atoms with E-state index in [1.807, 2.05) is 18.2 Å². The predicted octanol–water partition coefficient (Wildman–Crippen LogP) is 2.24. The summed E-state index contributed by atoms with van der Waals surface area (Å²) in [6.45, 7) is 2.58. The number of likely N-dealkylation sites (tertiary alicyclic amines) is 1. The van der Waals surface area contributed by atoms with Crippen molar-refractivity contribution in [2.24, 2.45) is 11.5 Å². The first-order valence-electron chi connectivity index (χ1n) is 10.2. The number of amides is 2. The third kappa shape index (κ3) is 4.14. The lowest BCUT2D eigenvalue weighted by Gasteiger charge is -2.40. The van der Waals surface area contributed by atoms with Crippen LogP contribution in [0, 0.1) is 0 Å². The van der Waals surface area contributed by atoms with Crippen molar-refractivity contribution in [1.82, 2.24) is 0 Å². The molecule has 0 saturated carbocycles. The van der Waals surface area contributed by atoms with Gasteiger partial charge in [0.05, 0.1) is 6.54 Å². The van der Waals surface area contributed by atoms with E-state index in [2.05, 4.69) is 0 Å². The number of hydrogen-bond acceptors (Lipinski definition) is 4. The van der Waals surface area contributed by atoms with Crippen molar-refractivity contribution < 1.29 is 19.2 Å². The molecule has 2 aromatic carbocycles. The van der Waals surface area contributed by atoms with Crippen molar-refractivity contribution in [3.8, 4) is 0 Å². The van der Waals surface area contributed by atoms with Gasteiger partial charge in [-0.3, -0.25) is 4.79 Å². The monoisotopic (exact) mass is 430 g/mol. The number of carbonyl (C=O) groups excluding carboxylic acids is 2. The van der Waals surface area contributed by atoms with Gasteiger partial charge in [0, 0.05) is 23.4 Å². The van der Waals surface area contributed by atoms with Crippen molar-refractivity contribution in [1.29, 1.82) is 0 Å². The van der Waals surface area contributed by atoms with Crippen LogP contribution in [-0.2, 0) is 28.2 Å². The van der Waals surface area contributed by atoms with E-state index in [-0.39, 0.29) is 11.0 Å². The first-order chi connectivity index (χ1) is 14.2. The van der Waals surface area contributed by atoms with E-state index in [4.69, 9.17) is 23.1 Å². The predicted molar refractivity (Wildman–Crippen MR) is 116 cm³/mol. The summed E-state index contributed by atoms with van der Waals surface area (Å²) in [5, 5.41) is 11.9. The Bertz CT molecular complexity index is 933. The number of rotatable bonds is 7. The first kappa shape index (κ1) is 22.4. The van der Waals surface area contributed by atoms with Gasteiger partial charge < -0.3 is 16.6 Å². The van der Waals surface area contributed by atoms with Crippen LogP contribution in [0.4, 0.5) is 0 Å². The molecule has 3 rings (SSSR count). The second kappa shape index (κ2) is 8.86. The number of halogens is 1. The molecule has 0 aliphatic carbocycles. The lowest BCUT2D eigenvalue weighted by atomic mass is 9.91. The van der Waals surface area contributed by atoms with Gasteiger partial charge in [0.15, 0.2) is 6.04 Å². The summed E-state index contributed by atoms with van der Waals surface area (Å²) in [6, 6.07) is 13.6. The summed E-state index contributed by atoms with van der Waals surface area (Å²) in [7, 11) is 0. The maximum Gasteiger partial charge on any atom is 0.350 e. The van der Waals surface area contributed by atoms with E-state index in [1.54, 1.807) is 30.3 Å². The van der Waals surface area contributed by atoms with Crippen LogP contribution in [0.2, 0.25) is 5.02 Å². The molecule has 1 unspecified atom stereocenters. The maximum atomic E-state index is 13.9. The van der Waals surface area contributed by atoms with Gasteiger partial charge in [-0.15, -0.1) is 0 Å². The highest BCUT2D eigenvalue weighted by Crippen LogP contribution is 2.37. The second-order valence-electron chi connectivity index (χ2n) is 8.17. The molecule has 3 atom stereocenters. The Hall–Kier alpha value is -2.25. The van der Waals surface area contributed by atoms with Gasteiger partial charge >= 0.3 is 5.91 Å². The van der Waals surface area contributed by atoms with Gasteiger partial charge in [-0.1, -0.05) is 48.0 Å². The minimum Gasteiger partial charge on any atom is -0.372 e. The van der Waals surface area contributed by atoms with Crippen molar-refractivity contribution in [2.45, 2.75) is 44.4 Å². The van der Waals surface area contributed by atoms with E-state index in [0.717, 1.165) is 11.1 Å². The molecule has 5 N–H and O–H groups in total. The molecular weight excluding hydrogens is 402 g/mol. The van der Waals surface area contributed by atoms with Gasteiger partial charge in [-0.25, -0.2) is 9.28 Å². The van der Waals surface area contributed by atoms with Crippen LogP contribution in [0.5, 0.6) is 0 Å². The molecule has 30 heavy (non-hydrogen) atoms. The zero-order valence-electron chi connectivity index (χ0n) is 17.2. The average molecular weight is 431 g/mol. The quantitative estimate of drug-likeness (QED) is 0.585. The summed E-state index contributed by atoms with van der Waals surface area (Å²) in [5.41, 5.74) is 12.0. The fourth-order valence-corrected chi connectivity index (χ4v) is 4.82. The highest BCUT2D eigenvalue weighted by atomic mass is 35.5. The molecule has 2 aromatic rings. The molecule has 1 saturated heterocycles. The van der Waals surface area contributed by atoms with Crippen LogP contribution in [0.15, 0.2) is 48.5 Å². The normalized spacial score (nSPS) is 23.1. The number of hydrogen-bond donors (Lipinski definition) is 3. The highest BCUT2D eigenvalue weighted by molar-refractivity contribution is 6.30. The van der Waals surface area contributed by atoms with Gasteiger partial charge in [0.2, 0.25) is 5.60 Å². The molecular formula is C23H29ClN3O3+. The van der Waals surface area contributed by atoms with Crippen LogP contribution >= 0.6 is 11.6 Å². The molecule has 0 radical (unpaired) electrons. The minimum atomic E-state index is -1.77. The maximum absolute atomic E-state index is 13.9. The Labute approximate surface area is 182 Å². The Morgan fingerprint density at radius 2 is 1.90 bits per heavy atom. The van der Waals surface area contributed by atoms with Crippen molar-refractivity contribution in [3.63, 3.8) is 0 Å². The van der Waals surface area contributed by atoms with E-state index in [1.165, 1.54) is 6.92 Å². The van der Waals surface area contributed by atoms with Crippen molar-refractivity contribution >= 4 is 23.4 Å². The minimum absolute atomic E-state index is 0.227. The molecule has 160 valence electrons. The lowest BCUT2D eigenvalue weighted by Crippen LogP contribution is -2.64. The van der Waals surface area contributed by atoms with Gasteiger partial charge in [-0.2, -0.15) is 0 Å². The molecule has 0 spiro atoms. The Morgan fingerprint density at radius 3 is 2.53 bits per heavy atom. The number of benzene rings is 2. The molecule has 0 bridgehead atoms. The van der Waals surface area contributed by atoms with Gasteiger partial charge in [-0.05, 0) is 43.1 Å². The van der Waals surface area contributed by atoms with E-state index < -0.39 is 23.5 Å². The number of primary amides is 1. The van der Waals surface area contributed by atoms with Crippen LogP contribution in [0.25, 0.3) is 0 Å². The summed E-state index contributed by atoms with van der Waals surface area (Å²) in [6.07, 6.45) is 1.78. The molecule has 1 fully saturated rings. The third-order valence-corrected chi connectivity index (χ3v) is 6.39. The van der Waals surface area contributed by atoms with Crippen molar-refractivity contribution in [3.05, 3.63) is 70.2 Å². The fourth-order valence-electron chi connectivity index (χ4n) is 4.62. The van der Waals surface area contributed by atoms with Gasteiger partial charge in [0.1, 0.15) is 6.54 Å². The summed E-state index contributed by atoms with van der Waals surface area (Å²) in [4.78, 5) is 26.3. The molecule has 1 aliphatic heterocycles. The van der Waals surface area contributed by atoms with E-state index >= 15 is 0 Å². The standard InChI is InChI=1S/C23H28ClN3O3/c1-23(30,18-6-3-2-4-7-18)22(29)27(13-5-8-20(27)21(26)28)15-17-14-19(24)10-9-16(17)11-12-25/h2-4,6-7,9-10,14,20,30H,5,8,11-13,15,25H2,1H3,(H-,26,28)/p+1/t20-,23+,27?/m0/s1. The topological polar surface area (TPSA) is 106 Å². The summed E-state index contributed by atoms with van der Waals surface area (Å²) >= 11 is 6.25. The van der Waals surface area contributed by atoms with E-state index in [9.17, 15) is 14.7 Å². The summed E-state index contributed by atoms with van der Waals surface area (Å²) < 4.78 is -0.227. The number of carbonyl (C=O) groups is 2. The van der Waals surface area contributed by atoms with Crippen LogP contribution in [0.3, 0.4) is 0 Å². The second-order valence-corrected chi connectivity index (χ2v) is 8.61. The Morgan fingerprint density at radius 1 is 1.20 bits per heavy atom. The molecule has 6 nitrogen and oxygen atoms in total. The number of nitrogens with two attached hydrogens (primary N) is 2. The fraction of sp³-hybridized carbons (Fsp3) is 0.391. The van der Waals surface area contributed by atoms with Gasteiger partial charge in [0.25, 0.3) is 5.91 Å².